The van der Waals surface area contributed by atoms with Gasteiger partial charge in [-0.05, 0) is 54.4 Å². The number of alkyl halides is 1. The van der Waals surface area contributed by atoms with Crippen molar-refractivity contribution in [3.63, 3.8) is 0 Å². The molecule has 0 aliphatic heterocycles. The van der Waals surface area contributed by atoms with Crippen LogP contribution in [-0.4, -0.2) is 18.7 Å². The molecule has 0 bridgehead atoms. The highest BCUT2D eigenvalue weighted by molar-refractivity contribution is 5.88. The highest BCUT2D eigenvalue weighted by Crippen LogP contribution is 2.52. The number of carbonyl (C=O) groups is 1. The fourth-order valence-corrected chi connectivity index (χ4v) is 3.47. The number of esters is 1. The molecule has 30 heavy (non-hydrogen) atoms. The van der Waals surface area contributed by atoms with Gasteiger partial charge in [-0.2, -0.15) is 0 Å². The maximum Gasteiger partial charge on any atom is 0.320 e. The number of carbonyl (C=O) groups excluding carboxylic acids is 1. The molecule has 1 fully saturated rings. The molecule has 0 heterocycles. The molecule has 0 N–H and O–H groups in total. The van der Waals surface area contributed by atoms with Crippen LogP contribution in [0.1, 0.15) is 24.5 Å². The maximum atomic E-state index is 14.3. The molecule has 2 atom stereocenters. The van der Waals surface area contributed by atoms with Crippen LogP contribution >= 0.6 is 0 Å². The SMILES string of the molecule is CCOc1ccc([C@@]2(C(=O)OCc3cccc(Oc4ccccc4)c3)C[C@H]2F)cc1. The normalized spacial score (nSPS) is 19.7. The number of halogens is 1. The Morgan fingerprint density at radius 2 is 1.67 bits per heavy atom. The minimum absolute atomic E-state index is 0.0519. The summed E-state index contributed by atoms with van der Waals surface area (Å²) in [5, 5.41) is 0. The number of ether oxygens (including phenoxy) is 3. The van der Waals surface area contributed by atoms with E-state index in [-0.39, 0.29) is 13.0 Å². The van der Waals surface area contributed by atoms with Crippen LogP contribution in [0.3, 0.4) is 0 Å². The van der Waals surface area contributed by atoms with E-state index in [1.54, 1.807) is 24.3 Å². The average Bonchev–Trinajstić information content (AvgIpc) is 3.46. The molecule has 3 aromatic carbocycles. The summed E-state index contributed by atoms with van der Waals surface area (Å²) in [6.07, 6.45) is -1.10. The molecule has 0 aromatic heterocycles. The summed E-state index contributed by atoms with van der Waals surface area (Å²) in [6.45, 7) is 2.49. The molecule has 5 heteroatoms. The second-order valence-corrected chi connectivity index (χ2v) is 7.24. The van der Waals surface area contributed by atoms with Crippen molar-refractivity contribution in [3.05, 3.63) is 90.0 Å². The molecule has 0 amide bonds. The third-order valence-corrected chi connectivity index (χ3v) is 5.17. The molecule has 1 saturated carbocycles. The van der Waals surface area contributed by atoms with Crippen molar-refractivity contribution in [2.45, 2.75) is 31.5 Å². The molecule has 1 aliphatic carbocycles. The van der Waals surface area contributed by atoms with Crippen molar-refractivity contribution >= 4 is 5.97 Å². The minimum Gasteiger partial charge on any atom is -0.494 e. The lowest BCUT2D eigenvalue weighted by atomic mass is 9.95. The Bertz CT molecular complexity index is 1000. The third kappa shape index (κ3) is 4.15. The van der Waals surface area contributed by atoms with Gasteiger partial charge in [0.1, 0.15) is 35.4 Å². The number of benzene rings is 3. The monoisotopic (exact) mass is 406 g/mol. The first kappa shape index (κ1) is 20.0. The third-order valence-electron chi connectivity index (χ3n) is 5.17. The van der Waals surface area contributed by atoms with Gasteiger partial charge in [0.05, 0.1) is 6.61 Å². The van der Waals surface area contributed by atoms with Gasteiger partial charge in [0.15, 0.2) is 0 Å². The van der Waals surface area contributed by atoms with Crippen molar-refractivity contribution in [2.75, 3.05) is 6.61 Å². The van der Waals surface area contributed by atoms with Crippen molar-refractivity contribution in [1.29, 1.82) is 0 Å². The Morgan fingerprint density at radius 3 is 2.33 bits per heavy atom. The van der Waals surface area contributed by atoms with E-state index in [4.69, 9.17) is 14.2 Å². The lowest BCUT2D eigenvalue weighted by molar-refractivity contribution is -0.148. The van der Waals surface area contributed by atoms with Crippen LogP contribution in [0.2, 0.25) is 0 Å². The van der Waals surface area contributed by atoms with Gasteiger partial charge in [-0.25, -0.2) is 4.39 Å². The summed E-state index contributed by atoms with van der Waals surface area (Å²) in [6, 6.07) is 23.7. The highest BCUT2D eigenvalue weighted by atomic mass is 19.1. The van der Waals surface area contributed by atoms with E-state index in [1.807, 2.05) is 61.5 Å². The van der Waals surface area contributed by atoms with Gasteiger partial charge in [0, 0.05) is 6.42 Å². The predicted octanol–water partition coefficient (Wildman–Crippen LogP) is 5.60. The van der Waals surface area contributed by atoms with Gasteiger partial charge in [-0.3, -0.25) is 4.79 Å². The summed E-state index contributed by atoms with van der Waals surface area (Å²) >= 11 is 0. The van der Waals surface area contributed by atoms with Gasteiger partial charge in [0.25, 0.3) is 0 Å². The van der Waals surface area contributed by atoms with Gasteiger partial charge in [-0.15, -0.1) is 0 Å². The molecular formula is C25H23FO4. The van der Waals surface area contributed by atoms with E-state index in [2.05, 4.69) is 0 Å². The highest BCUT2D eigenvalue weighted by Gasteiger charge is 2.63. The van der Waals surface area contributed by atoms with Gasteiger partial charge < -0.3 is 14.2 Å². The Balaban J connectivity index is 1.42. The van der Waals surface area contributed by atoms with E-state index in [0.717, 1.165) is 11.3 Å². The van der Waals surface area contributed by atoms with Crippen LogP contribution < -0.4 is 9.47 Å². The number of para-hydroxylation sites is 1. The Hall–Kier alpha value is -3.34. The van der Waals surface area contributed by atoms with Crippen LogP contribution in [0.5, 0.6) is 17.2 Å². The zero-order valence-corrected chi connectivity index (χ0v) is 16.7. The molecular weight excluding hydrogens is 383 g/mol. The van der Waals surface area contributed by atoms with Gasteiger partial charge >= 0.3 is 5.97 Å². The van der Waals surface area contributed by atoms with E-state index in [0.29, 0.717) is 23.7 Å². The fourth-order valence-electron chi connectivity index (χ4n) is 3.47. The van der Waals surface area contributed by atoms with Crippen molar-refractivity contribution < 1.29 is 23.4 Å². The predicted molar refractivity (Wildman–Crippen MR) is 112 cm³/mol. The molecule has 4 rings (SSSR count). The second kappa shape index (κ2) is 8.57. The van der Waals surface area contributed by atoms with E-state index in [9.17, 15) is 9.18 Å². The molecule has 0 radical (unpaired) electrons. The van der Waals surface area contributed by atoms with Crippen molar-refractivity contribution in [1.82, 2.24) is 0 Å². The molecule has 0 saturated heterocycles. The second-order valence-electron chi connectivity index (χ2n) is 7.24. The molecule has 1 aliphatic rings. The largest absolute Gasteiger partial charge is 0.494 e. The fraction of sp³-hybridized carbons (Fsp3) is 0.240. The van der Waals surface area contributed by atoms with Gasteiger partial charge in [-0.1, -0.05) is 42.5 Å². The van der Waals surface area contributed by atoms with Crippen LogP contribution in [0.15, 0.2) is 78.9 Å². The number of hydrogen-bond acceptors (Lipinski definition) is 4. The topological polar surface area (TPSA) is 44.8 Å². The molecule has 4 nitrogen and oxygen atoms in total. The van der Waals surface area contributed by atoms with Crippen LogP contribution in [-0.2, 0) is 21.6 Å². The van der Waals surface area contributed by atoms with E-state index >= 15 is 0 Å². The zero-order valence-electron chi connectivity index (χ0n) is 16.7. The Morgan fingerprint density at radius 1 is 0.967 bits per heavy atom. The van der Waals surface area contributed by atoms with E-state index < -0.39 is 17.6 Å². The van der Waals surface area contributed by atoms with Crippen LogP contribution in [0.4, 0.5) is 4.39 Å². The Labute approximate surface area is 175 Å². The average molecular weight is 406 g/mol. The number of hydrogen-bond donors (Lipinski definition) is 0. The molecule has 154 valence electrons. The first-order valence-corrected chi connectivity index (χ1v) is 9.98. The van der Waals surface area contributed by atoms with Crippen LogP contribution in [0.25, 0.3) is 0 Å². The first-order chi connectivity index (χ1) is 14.6. The molecule has 0 spiro atoms. The molecule has 0 unspecified atom stereocenters. The van der Waals surface area contributed by atoms with Crippen molar-refractivity contribution in [3.8, 4) is 17.2 Å². The summed E-state index contributed by atoms with van der Waals surface area (Å²) in [4.78, 5) is 12.8. The first-order valence-electron chi connectivity index (χ1n) is 9.98. The van der Waals surface area contributed by atoms with Crippen LogP contribution in [0, 0.1) is 0 Å². The standard InChI is InChI=1S/C25H23FO4/c1-2-28-20-13-11-19(12-14-20)25(16-23(25)26)24(27)29-17-18-7-6-10-22(15-18)30-21-8-4-3-5-9-21/h3-15,23H,2,16-17H2,1H3/t23-,25+/m1/s1. The lowest BCUT2D eigenvalue weighted by Crippen LogP contribution is -2.26. The smallest absolute Gasteiger partial charge is 0.320 e. The number of rotatable bonds is 8. The Kier molecular flexibility index (Phi) is 5.70. The summed E-state index contributed by atoms with van der Waals surface area (Å²) in [7, 11) is 0. The quantitative estimate of drug-likeness (QED) is 0.457. The van der Waals surface area contributed by atoms with Gasteiger partial charge in [0.2, 0.25) is 0 Å². The lowest BCUT2D eigenvalue weighted by Gasteiger charge is -2.16. The zero-order chi connectivity index (χ0) is 21.0. The maximum absolute atomic E-state index is 14.3. The van der Waals surface area contributed by atoms with E-state index in [1.165, 1.54) is 0 Å². The summed E-state index contributed by atoms with van der Waals surface area (Å²) in [5.41, 5.74) is 0.169. The minimum atomic E-state index is -1.24. The van der Waals surface area contributed by atoms with Crippen molar-refractivity contribution in [2.24, 2.45) is 0 Å². The summed E-state index contributed by atoms with van der Waals surface area (Å²) < 4.78 is 31.0. The molecule has 3 aromatic rings. The summed E-state index contributed by atoms with van der Waals surface area (Å²) in [5.74, 6) is 1.51.